The Morgan fingerprint density at radius 1 is 1.41 bits per heavy atom. The van der Waals surface area contributed by atoms with Gasteiger partial charge in [-0.3, -0.25) is 4.79 Å². The second-order valence-corrected chi connectivity index (χ2v) is 4.03. The molecule has 1 aliphatic rings. The summed E-state index contributed by atoms with van der Waals surface area (Å²) in [4.78, 5) is 11.3. The fraction of sp³-hybridized carbons (Fsp3) is 0.700. The molecule has 0 radical (unpaired) electrons. The van der Waals surface area contributed by atoms with Gasteiger partial charge in [0.2, 0.25) is 6.29 Å². The molecule has 0 aromatic carbocycles. The van der Waals surface area contributed by atoms with Crippen LogP contribution in [0.4, 0.5) is 13.2 Å². The van der Waals surface area contributed by atoms with Crippen molar-refractivity contribution in [2.24, 2.45) is 5.92 Å². The van der Waals surface area contributed by atoms with Crippen molar-refractivity contribution < 1.29 is 32.2 Å². The van der Waals surface area contributed by atoms with Crippen molar-refractivity contribution in [3.05, 3.63) is 11.9 Å². The summed E-state index contributed by atoms with van der Waals surface area (Å²) in [5, 5.41) is 0. The van der Waals surface area contributed by atoms with E-state index >= 15 is 0 Å². The van der Waals surface area contributed by atoms with E-state index in [0.29, 0.717) is 0 Å². The molecule has 98 valence electrons. The number of carbonyl (C=O) groups is 1. The lowest BCUT2D eigenvalue weighted by Gasteiger charge is -2.17. The van der Waals surface area contributed by atoms with E-state index in [1.165, 1.54) is 0 Å². The second-order valence-electron chi connectivity index (χ2n) is 4.03. The Kier molecular flexibility index (Phi) is 4.16. The lowest BCUT2D eigenvalue weighted by Crippen LogP contribution is -2.27. The van der Waals surface area contributed by atoms with Crippen molar-refractivity contribution in [2.75, 3.05) is 6.61 Å². The Morgan fingerprint density at radius 3 is 2.41 bits per heavy atom. The maximum Gasteiger partial charge on any atom is 0.318 e. The molecule has 1 aliphatic heterocycles. The molecule has 0 amide bonds. The minimum atomic E-state index is -2.53. The van der Waals surface area contributed by atoms with Crippen molar-refractivity contribution in [3.8, 4) is 0 Å². The maximum absolute atomic E-state index is 12.8. The Hall–Kier alpha value is -1.08. The molecule has 0 aromatic heterocycles. The third kappa shape index (κ3) is 3.71. The van der Waals surface area contributed by atoms with Crippen molar-refractivity contribution in [1.82, 2.24) is 0 Å². The zero-order chi connectivity index (χ0) is 13.2. The van der Waals surface area contributed by atoms with Crippen LogP contribution in [0.15, 0.2) is 11.9 Å². The van der Waals surface area contributed by atoms with Crippen molar-refractivity contribution >= 4 is 5.97 Å². The van der Waals surface area contributed by atoms with Crippen LogP contribution in [-0.2, 0) is 19.0 Å². The van der Waals surface area contributed by atoms with Crippen LogP contribution in [0.5, 0.6) is 0 Å². The molecule has 1 rings (SSSR count). The quantitative estimate of drug-likeness (QED) is 0.725. The first-order valence-corrected chi connectivity index (χ1v) is 4.96. The number of hydrogen-bond donors (Lipinski definition) is 0. The normalized spacial score (nSPS) is 24.2. The van der Waals surface area contributed by atoms with Crippen LogP contribution in [0.2, 0.25) is 0 Å². The lowest BCUT2D eigenvalue weighted by molar-refractivity contribution is -0.199. The van der Waals surface area contributed by atoms with Gasteiger partial charge in [0.05, 0.1) is 0 Å². The molecule has 1 heterocycles. The maximum atomic E-state index is 12.8. The molecule has 4 nitrogen and oxygen atoms in total. The van der Waals surface area contributed by atoms with Crippen LogP contribution in [-0.4, -0.2) is 24.7 Å². The summed E-state index contributed by atoms with van der Waals surface area (Å²) in [6.07, 6.45) is -3.53. The van der Waals surface area contributed by atoms with E-state index in [-0.39, 0.29) is 6.61 Å². The number of halogens is 3. The number of ether oxygens (including phenoxy) is 3. The van der Waals surface area contributed by atoms with Crippen LogP contribution in [0, 0.1) is 5.92 Å². The predicted octanol–water partition coefficient (Wildman–Crippen LogP) is 2.35. The van der Waals surface area contributed by atoms with Gasteiger partial charge in [-0.2, -0.15) is 8.78 Å². The molecular weight excluding hydrogens is 241 g/mol. The number of esters is 1. The van der Waals surface area contributed by atoms with Gasteiger partial charge in [0, 0.05) is 0 Å². The standard InChI is InChI=1S/C10H13F3O4/c1-5(7(11)8(12)13)9(14)16-6-4-15-10(2,3)17-6/h5-6H,4H2,1-3H3. The van der Waals surface area contributed by atoms with Crippen molar-refractivity contribution in [2.45, 2.75) is 32.8 Å². The number of rotatable bonds is 3. The second kappa shape index (κ2) is 5.05. The molecular formula is C10H13F3O4. The monoisotopic (exact) mass is 254 g/mol. The van der Waals surface area contributed by atoms with E-state index in [4.69, 9.17) is 9.47 Å². The molecule has 7 heteroatoms. The average Bonchev–Trinajstić information content (AvgIpc) is 2.55. The summed E-state index contributed by atoms with van der Waals surface area (Å²) >= 11 is 0. The van der Waals surface area contributed by atoms with E-state index in [2.05, 4.69) is 4.74 Å². The smallest absolute Gasteiger partial charge is 0.318 e. The highest BCUT2D eigenvalue weighted by atomic mass is 19.3. The topological polar surface area (TPSA) is 44.8 Å². The van der Waals surface area contributed by atoms with E-state index in [9.17, 15) is 18.0 Å². The fourth-order valence-corrected chi connectivity index (χ4v) is 1.21. The highest BCUT2D eigenvalue weighted by Gasteiger charge is 2.36. The van der Waals surface area contributed by atoms with Crippen LogP contribution < -0.4 is 0 Å². The van der Waals surface area contributed by atoms with Gasteiger partial charge < -0.3 is 14.2 Å². The van der Waals surface area contributed by atoms with E-state index in [0.717, 1.165) is 6.92 Å². The van der Waals surface area contributed by atoms with Gasteiger partial charge in [-0.05, 0) is 20.8 Å². The molecule has 0 spiro atoms. The van der Waals surface area contributed by atoms with Crippen molar-refractivity contribution in [1.29, 1.82) is 0 Å². The predicted molar refractivity (Wildman–Crippen MR) is 50.5 cm³/mol. The van der Waals surface area contributed by atoms with Crippen LogP contribution in [0.25, 0.3) is 0 Å². The van der Waals surface area contributed by atoms with Crippen LogP contribution in [0.1, 0.15) is 20.8 Å². The average molecular weight is 254 g/mol. The molecule has 0 N–H and O–H groups in total. The lowest BCUT2D eigenvalue weighted by atomic mass is 10.1. The van der Waals surface area contributed by atoms with Gasteiger partial charge in [0.1, 0.15) is 12.5 Å². The van der Waals surface area contributed by atoms with E-state index < -0.39 is 35.9 Å². The molecule has 1 fully saturated rings. The Labute approximate surface area is 96.3 Å². The van der Waals surface area contributed by atoms with Gasteiger partial charge in [-0.25, -0.2) is 4.39 Å². The van der Waals surface area contributed by atoms with Gasteiger partial charge in [-0.1, -0.05) is 0 Å². The first-order valence-electron chi connectivity index (χ1n) is 4.96. The van der Waals surface area contributed by atoms with Gasteiger partial charge >= 0.3 is 12.0 Å². The van der Waals surface area contributed by atoms with E-state index in [1.54, 1.807) is 13.8 Å². The zero-order valence-electron chi connectivity index (χ0n) is 9.63. The fourth-order valence-electron chi connectivity index (χ4n) is 1.21. The van der Waals surface area contributed by atoms with Crippen LogP contribution in [0.3, 0.4) is 0 Å². The summed E-state index contributed by atoms with van der Waals surface area (Å²) in [5.74, 6) is -5.49. The van der Waals surface area contributed by atoms with Gasteiger partial charge in [-0.15, -0.1) is 0 Å². The molecule has 1 saturated heterocycles. The van der Waals surface area contributed by atoms with Gasteiger partial charge in [0.25, 0.3) is 0 Å². The molecule has 2 unspecified atom stereocenters. The zero-order valence-corrected chi connectivity index (χ0v) is 9.63. The summed E-state index contributed by atoms with van der Waals surface area (Å²) in [6, 6.07) is 0. The SMILES string of the molecule is CC(C(=O)OC1COC(C)(C)O1)C(F)=C(F)F. The highest BCUT2D eigenvalue weighted by molar-refractivity contribution is 5.74. The third-order valence-corrected chi connectivity index (χ3v) is 2.14. The summed E-state index contributed by atoms with van der Waals surface area (Å²) in [6.45, 7) is 4.17. The summed E-state index contributed by atoms with van der Waals surface area (Å²) in [7, 11) is 0. The molecule has 0 aromatic rings. The molecule has 17 heavy (non-hydrogen) atoms. The number of hydrogen-bond acceptors (Lipinski definition) is 4. The first-order chi connectivity index (χ1) is 7.73. The molecule has 2 atom stereocenters. The number of carbonyl (C=O) groups excluding carboxylic acids is 1. The van der Waals surface area contributed by atoms with Crippen molar-refractivity contribution in [3.63, 3.8) is 0 Å². The highest BCUT2D eigenvalue weighted by Crippen LogP contribution is 2.25. The Morgan fingerprint density at radius 2 is 2.00 bits per heavy atom. The minimum Gasteiger partial charge on any atom is -0.433 e. The minimum absolute atomic E-state index is 0.0189. The summed E-state index contributed by atoms with van der Waals surface area (Å²) < 4.78 is 51.5. The Bertz CT molecular complexity index is 336. The third-order valence-electron chi connectivity index (χ3n) is 2.14. The van der Waals surface area contributed by atoms with Crippen LogP contribution >= 0.6 is 0 Å². The van der Waals surface area contributed by atoms with Gasteiger partial charge in [0.15, 0.2) is 11.6 Å². The Balaban J connectivity index is 2.54. The molecule has 0 aliphatic carbocycles. The molecule has 0 bridgehead atoms. The summed E-state index contributed by atoms with van der Waals surface area (Å²) in [5.41, 5.74) is 0. The van der Waals surface area contributed by atoms with E-state index in [1.807, 2.05) is 0 Å². The largest absolute Gasteiger partial charge is 0.433 e. The molecule has 0 saturated carbocycles. The first kappa shape index (κ1) is 14.0.